The number of aliphatic imine (C=N–C) groups is 1. The third-order valence-electron chi connectivity index (χ3n) is 4.91. The Morgan fingerprint density at radius 3 is 2.85 bits per heavy atom. The topological polar surface area (TPSA) is 142 Å². The van der Waals surface area contributed by atoms with Gasteiger partial charge in [0, 0.05) is 24.5 Å². The summed E-state index contributed by atoms with van der Waals surface area (Å²) in [6, 6.07) is 10.2. The molecule has 13 heteroatoms. The molecule has 1 atom stereocenters. The van der Waals surface area contributed by atoms with Gasteiger partial charge in [0.2, 0.25) is 5.96 Å². The Labute approximate surface area is 202 Å². The first-order valence-corrected chi connectivity index (χ1v) is 11.0. The van der Waals surface area contributed by atoms with E-state index in [4.69, 9.17) is 19.9 Å². The number of benzene rings is 2. The van der Waals surface area contributed by atoms with Crippen LogP contribution >= 0.6 is 15.9 Å². The summed E-state index contributed by atoms with van der Waals surface area (Å²) in [5.41, 5.74) is 2.61. The molecule has 4 rings (SSSR count). The van der Waals surface area contributed by atoms with Gasteiger partial charge in [-0.25, -0.2) is 9.63 Å². The lowest BCUT2D eigenvalue weighted by Crippen LogP contribution is -2.42. The van der Waals surface area contributed by atoms with Crippen LogP contribution in [0.3, 0.4) is 0 Å². The van der Waals surface area contributed by atoms with Gasteiger partial charge in [0.25, 0.3) is 0 Å². The van der Waals surface area contributed by atoms with Crippen molar-refractivity contribution >= 4 is 44.8 Å². The molecule has 1 aromatic heterocycles. The summed E-state index contributed by atoms with van der Waals surface area (Å²) < 4.78 is 11.5. The van der Waals surface area contributed by atoms with E-state index in [9.17, 15) is 4.79 Å². The van der Waals surface area contributed by atoms with E-state index < -0.39 is 17.8 Å². The van der Waals surface area contributed by atoms with Gasteiger partial charge in [-0.3, -0.25) is 25.4 Å². The van der Waals surface area contributed by atoms with Crippen LogP contribution in [0.15, 0.2) is 58.3 Å². The van der Waals surface area contributed by atoms with Crippen LogP contribution in [0.5, 0.6) is 5.75 Å². The number of carbonyl (C=O) groups excluding carboxylic acids is 1. The smallest absolute Gasteiger partial charge is 0.410 e. The van der Waals surface area contributed by atoms with Crippen LogP contribution in [0.1, 0.15) is 12.5 Å². The van der Waals surface area contributed by atoms with E-state index >= 15 is 0 Å². The van der Waals surface area contributed by atoms with E-state index in [2.05, 4.69) is 41.0 Å². The van der Waals surface area contributed by atoms with Crippen LogP contribution in [0, 0.1) is 0 Å². The Balaban J connectivity index is 1.40. The van der Waals surface area contributed by atoms with Crippen LogP contribution in [0.25, 0.3) is 11.0 Å². The minimum absolute atomic E-state index is 0.163. The predicted octanol–water partition coefficient (Wildman–Crippen LogP) is 3.55. The van der Waals surface area contributed by atoms with Gasteiger partial charge in [0.05, 0.1) is 27.6 Å². The van der Waals surface area contributed by atoms with Crippen molar-refractivity contribution in [1.29, 1.82) is 0 Å². The fraction of sp³-hybridized carbons (Fsp3) is 0.238. The zero-order chi connectivity index (χ0) is 24.1. The summed E-state index contributed by atoms with van der Waals surface area (Å²) >= 11 is 3.56. The number of fused-ring (bicyclic) bond motifs is 1. The summed E-state index contributed by atoms with van der Waals surface area (Å²) in [7, 11) is 0. The highest BCUT2D eigenvalue weighted by molar-refractivity contribution is 9.10. The van der Waals surface area contributed by atoms with E-state index in [1.165, 1.54) is 6.07 Å². The standard InChI is InChI=1S/C21H21BrN6O6/c1-13(33-21(29)34-17-5-3-2-4-14(17)12-32-28(30)31)27-11-10-25-20(27)26-15-6-7-16-19(18(15)22)24-9-8-23-16/h2-9,13,30-31H,10-12H2,1H3,(H,25,26). The Bertz CT molecular complexity index is 1210. The van der Waals surface area contributed by atoms with Crippen molar-refractivity contribution in [1.82, 2.24) is 20.3 Å². The molecule has 0 bridgehead atoms. The number of nitrogens with one attached hydrogen (secondary N) is 1. The second-order valence-corrected chi connectivity index (χ2v) is 7.87. The lowest BCUT2D eigenvalue weighted by molar-refractivity contribution is -0.497. The highest BCUT2D eigenvalue weighted by atomic mass is 79.9. The van der Waals surface area contributed by atoms with Gasteiger partial charge in [0.1, 0.15) is 17.9 Å². The van der Waals surface area contributed by atoms with Gasteiger partial charge in [0.15, 0.2) is 6.23 Å². The van der Waals surface area contributed by atoms with E-state index in [0.717, 1.165) is 15.7 Å². The van der Waals surface area contributed by atoms with E-state index in [-0.39, 0.29) is 12.4 Å². The quantitative estimate of drug-likeness (QED) is 0.233. The number of para-hydroxylation sites is 1. The lowest BCUT2D eigenvalue weighted by atomic mass is 10.2. The maximum atomic E-state index is 12.4. The third-order valence-corrected chi connectivity index (χ3v) is 5.71. The summed E-state index contributed by atoms with van der Waals surface area (Å²) in [5, 5.41) is 20.3. The van der Waals surface area contributed by atoms with Crippen LogP contribution in [-0.2, 0) is 16.2 Å². The predicted molar refractivity (Wildman–Crippen MR) is 123 cm³/mol. The molecular weight excluding hydrogens is 512 g/mol. The number of rotatable bonds is 7. The average molecular weight is 533 g/mol. The normalized spacial score (nSPS) is 14.3. The Morgan fingerprint density at radius 1 is 1.24 bits per heavy atom. The van der Waals surface area contributed by atoms with Gasteiger partial charge in [-0.1, -0.05) is 18.2 Å². The summed E-state index contributed by atoms with van der Waals surface area (Å²) in [5.74, 6) is 0.695. The SMILES string of the molecule is CC(OC(=O)Oc1ccccc1CON(O)O)N1CCN=C1Nc1ccc2nccnc2c1Br. The first kappa shape index (κ1) is 23.8. The van der Waals surface area contributed by atoms with Crippen molar-refractivity contribution in [2.24, 2.45) is 4.99 Å². The molecule has 1 aliphatic heterocycles. The van der Waals surface area contributed by atoms with Crippen molar-refractivity contribution in [2.45, 2.75) is 19.8 Å². The maximum Gasteiger partial charge on any atom is 0.515 e. The van der Waals surface area contributed by atoms with E-state index in [1.807, 2.05) is 12.1 Å². The van der Waals surface area contributed by atoms with Crippen molar-refractivity contribution in [2.75, 3.05) is 18.4 Å². The van der Waals surface area contributed by atoms with Gasteiger partial charge in [-0.2, -0.15) is 0 Å². The fourth-order valence-electron chi connectivity index (χ4n) is 3.31. The largest absolute Gasteiger partial charge is 0.515 e. The molecule has 0 aliphatic carbocycles. The molecule has 12 nitrogen and oxygen atoms in total. The second kappa shape index (κ2) is 10.7. The minimum atomic E-state index is -0.932. The monoisotopic (exact) mass is 532 g/mol. The van der Waals surface area contributed by atoms with E-state index in [0.29, 0.717) is 30.1 Å². The van der Waals surface area contributed by atoms with Crippen molar-refractivity contribution in [3.05, 3.63) is 58.8 Å². The van der Waals surface area contributed by atoms with Crippen molar-refractivity contribution in [3.8, 4) is 5.75 Å². The number of ether oxygens (including phenoxy) is 2. The first-order valence-electron chi connectivity index (χ1n) is 10.2. The molecule has 1 aliphatic rings. The number of hydrogen-bond donors (Lipinski definition) is 3. The number of nitrogens with zero attached hydrogens (tertiary/aromatic N) is 5. The van der Waals surface area contributed by atoms with Gasteiger partial charge in [-0.15, -0.1) is 0 Å². The summed E-state index contributed by atoms with van der Waals surface area (Å²) in [6.07, 6.45) is 1.63. The van der Waals surface area contributed by atoms with Crippen LogP contribution in [0.4, 0.5) is 10.5 Å². The van der Waals surface area contributed by atoms with Crippen LogP contribution in [-0.4, -0.2) is 62.1 Å². The molecule has 3 aromatic rings. The molecule has 34 heavy (non-hydrogen) atoms. The molecule has 3 N–H and O–H groups in total. The Hall–Kier alpha value is -3.36. The average Bonchev–Trinajstić information content (AvgIpc) is 3.29. The molecular formula is C21H21BrN6O6. The molecule has 1 unspecified atom stereocenters. The molecule has 0 radical (unpaired) electrons. The summed E-state index contributed by atoms with van der Waals surface area (Å²) in [6.45, 7) is 2.53. The highest BCUT2D eigenvalue weighted by Crippen LogP contribution is 2.29. The molecule has 0 amide bonds. The molecule has 0 saturated carbocycles. The minimum Gasteiger partial charge on any atom is -0.410 e. The Morgan fingerprint density at radius 2 is 2.03 bits per heavy atom. The lowest BCUT2D eigenvalue weighted by Gasteiger charge is -2.27. The van der Waals surface area contributed by atoms with Crippen molar-refractivity contribution in [3.63, 3.8) is 0 Å². The van der Waals surface area contributed by atoms with Crippen molar-refractivity contribution < 1.29 is 29.5 Å². The maximum absolute atomic E-state index is 12.4. The molecule has 0 fully saturated rings. The zero-order valence-corrected chi connectivity index (χ0v) is 19.5. The molecule has 2 aromatic carbocycles. The van der Waals surface area contributed by atoms with Gasteiger partial charge < -0.3 is 19.7 Å². The number of aromatic nitrogens is 2. The molecule has 0 spiro atoms. The number of guanidine groups is 1. The molecule has 0 saturated heterocycles. The third kappa shape index (κ3) is 5.58. The number of carbonyl (C=O) groups is 1. The summed E-state index contributed by atoms with van der Waals surface area (Å²) in [4.78, 5) is 31.9. The second-order valence-electron chi connectivity index (χ2n) is 7.08. The first-order chi connectivity index (χ1) is 16.4. The Kier molecular flexibility index (Phi) is 7.49. The number of hydrogen-bond acceptors (Lipinski definition) is 12. The number of anilines is 1. The van der Waals surface area contributed by atoms with Gasteiger partial charge in [-0.05, 0) is 41.1 Å². The highest BCUT2D eigenvalue weighted by Gasteiger charge is 2.27. The van der Waals surface area contributed by atoms with Crippen LogP contribution < -0.4 is 10.1 Å². The van der Waals surface area contributed by atoms with Crippen LogP contribution in [0.2, 0.25) is 0 Å². The van der Waals surface area contributed by atoms with Gasteiger partial charge >= 0.3 is 6.16 Å². The zero-order valence-electron chi connectivity index (χ0n) is 18.0. The number of halogens is 1. The molecule has 178 valence electrons. The molecule has 2 heterocycles. The van der Waals surface area contributed by atoms with E-state index in [1.54, 1.807) is 42.4 Å². The fourth-order valence-corrected chi connectivity index (χ4v) is 3.85.